The fourth-order valence-electron chi connectivity index (χ4n) is 1.64. The monoisotopic (exact) mass is 213 g/mol. The van der Waals surface area contributed by atoms with Crippen molar-refractivity contribution < 1.29 is 9.53 Å². The van der Waals surface area contributed by atoms with Gasteiger partial charge in [-0.2, -0.15) is 0 Å². The summed E-state index contributed by atoms with van der Waals surface area (Å²) in [6.07, 6.45) is 3.80. The van der Waals surface area contributed by atoms with Crippen molar-refractivity contribution in [3.8, 4) is 0 Å². The van der Waals surface area contributed by atoms with Crippen molar-refractivity contribution in [3.05, 3.63) is 0 Å². The summed E-state index contributed by atoms with van der Waals surface area (Å²) in [6, 6.07) is 0. The van der Waals surface area contributed by atoms with Crippen LogP contribution in [0.5, 0.6) is 0 Å². The first-order chi connectivity index (χ1) is 6.87. The standard InChI is InChI=1S/C12H23NO2/c1-5-12(6-7-12)9-13-8-10(14)15-11(2,3)4/h13H,5-9H2,1-4H3. The molecule has 0 amide bonds. The highest BCUT2D eigenvalue weighted by atomic mass is 16.6. The van der Waals surface area contributed by atoms with E-state index in [2.05, 4.69) is 12.2 Å². The van der Waals surface area contributed by atoms with E-state index in [4.69, 9.17) is 4.74 Å². The van der Waals surface area contributed by atoms with Gasteiger partial charge < -0.3 is 10.1 Å². The Kier molecular flexibility index (Phi) is 3.77. The summed E-state index contributed by atoms with van der Waals surface area (Å²) in [4.78, 5) is 11.4. The smallest absolute Gasteiger partial charge is 0.320 e. The first-order valence-corrected chi connectivity index (χ1v) is 5.79. The highest BCUT2D eigenvalue weighted by Crippen LogP contribution is 2.47. The maximum absolute atomic E-state index is 11.4. The Morgan fingerprint density at radius 2 is 2.00 bits per heavy atom. The minimum absolute atomic E-state index is 0.158. The van der Waals surface area contributed by atoms with Crippen molar-refractivity contribution in [2.75, 3.05) is 13.1 Å². The molecule has 0 radical (unpaired) electrons. The third-order valence-electron chi connectivity index (χ3n) is 2.90. The molecule has 1 N–H and O–H groups in total. The van der Waals surface area contributed by atoms with Crippen molar-refractivity contribution in [1.29, 1.82) is 0 Å². The number of hydrogen-bond donors (Lipinski definition) is 1. The molecule has 0 saturated heterocycles. The Balaban J connectivity index is 2.12. The van der Waals surface area contributed by atoms with Gasteiger partial charge in [-0.15, -0.1) is 0 Å². The van der Waals surface area contributed by atoms with Crippen LogP contribution in [-0.4, -0.2) is 24.7 Å². The molecule has 1 aliphatic rings. The maximum Gasteiger partial charge on any atom is 0.320 e. The van der Waals surface area contributed by atoms with Crippen molar-refractivity contribution in [1.82, 2.24) is 5.32 Å². The summed E-state index contributed by atoms with van der Waals surface area (Å²) >= 11 is 0. The normalized spacial score (nSPS) is 18.7. The fraction of sp³-hybridized carbons (Fsp3) is 0.917. The quantitative estimate of drug-likeness (QED) is 0.711. The summed E-state index contributed by atoms with van der Waals surface area (Å²) in [6.45, 7) is 9.15. The van der Waals surface area contributed by atoms with Crippen LogP contribution in [0.3, 0.4) is 0 Å². The Labute approximate surface area is 92.6 Å². The van der Waals surface area contributed by atoms with Crippen molar-refractivity contribution >= 4 is 5.97 Å². The van der Waals surface area contributed by atoms with E-state index in [1.54, 1.807) is 0 Å². The zero-order valence-corrected chi connectivity index (χ0v) is 10.4. The minimum atomic E-state index is -0.374. The van der Waals surface area contributed by atoms with Gasteiger partial charge in [-0.1, -0.05) is 6.92 Å². The average Bonchev–Trinajstić information content (AvgIpc) is 2.82. The van der Waals surface area contributed by atoms with E-state index in [9.17, 15) is 4.79 Å². The third kappa shape index (κ3) is 4.65. The van der Waals surface area contributed by atoms with Crippen LogP contribution in [0, 0.1) is 5.41 Å². The van der Waals surface area contributed by atoms with E-state index in [-0.39, 0.29) is 11.6 Å². The topological polar surface area (TPSA) is 38.3 Å². The largest absolute Gasteiger partial charge is 0.459 e. The number of carbonyl (C=O) groups excluding carboxylic acids is 1. The molecule has 3 heteroatoms. The van der Waals surface area contributed by atoms with Crippen LogP contribution in [0.4, 0.5) is 0 Å². The Morgan fingerprint density at radius 3 is 2.40 bits per heavy atom. The first kappa shape index (κ1) is 12.5. The van der Waals surface area contributed by atoms with Crippen LogP contribution in [0.1, 0.15) is 47.0 Å². The van der Waals surface area contributed by atoms with Gasteiger partial charge in [-0.25, -0.2) is 0 Å². The van der Waals surface area contributed by atoms with E-state index in [0.717, 1.165) is 6.54 Å². The van der Waals surface area contributed by atoms with Gasteiger partial charge >= 0.3 is 5.97 Å². The van der Waals surface area contributed by atoms with Crippen molar-refractivity contribution in [3.63, 3.8) is 0 Å². The van der Waals surface area contributed by atoms with Gasteiger partial charge in [0, 0.05) is 6.54 Å². The lowest BCUT2D eigenvalue weighted by Crippen LogP contribution is -2.34. The lowest BCUT2D eigenvalue weighted by Gasteiger charge is -2.20. The van der Waals surface area contributed by atoms with Crippen molar-refractivity contribution in [2.45, 2.75) is 52.6 Å². The lowest BCUT2D eigenvalue weighted by molar-refractivity contribution is -0.153. The second-order valence-electron chi connectivity index (χ2n) is 5.54. The minimum Gasteiger partial charge on any atom is -0.459 e. The van der Waals surface area contributed by atoms with Gasteiger partial charge in [0.2, 0.25) is 0 Å². The van der Waals surface area contributed by atoms with Crippen molar-refractivity contribution in [2.24, 2.45) is 5.41 Å². The molecule has 3 nitrogen and oxygen atoms in total. The Morgan fingerprint density at radius 1 is 1.40 bits per heavy atom. The van der Waals surface area contributed by atoms with E-state index >= 15 is 0 Å². The van der Waals surface area contributed by atoms with E-state index < -0.39 is 0 Å². The molecular formula is C12H23NO2. The van der Waals surface area contributed by atoms with Crippen LogP contribution in [0.25, 0.3) is 0 Å². The predicted molar refractivity (Wildman–Crippen MR) is 60.7 cm³/mol. The zero-order chi connectivity index (χ0) is 11.5. The first-order valence-electron chi connectivity index (χ1n) is 5.79. The summed E-state index contributed by atoms with van der Waals surface area (Å²) in [7, 11) is 0. The highest BCUT2D eigenvalue weighted by molar-refractivity contribution is 5.72. The molecule has 15 heavy (non-hydrogen) atoms. The van der Waals surface area contributed by atoms with E-state index in [1.807, 2.05) is 20.8 Å². The van der Waals surface area contributed by atoms with E-state index in [1.165, 1.54) is 19.3 Å². The molecule has 1 saturated carbocycles. The molecule has 0 aromatic rings. The summed E-state index contributed by atoms with van der Waals surface area (Å²) in [5, 5.41) is 3.19. The Bertz CT molecular complexity index is 226. The van der Waals surface area contributed by atoms with Crippen LogP contribution in [0.15, 0.2) is 0 Å². The summed E-state index contributed by atoms with van der Waals surface area (Å²) in [5.74, 6) is -0.158. The Hall–Kier alpha value is -0.570. The van der Waals surface area contributed by atoms with Crippen LogP contribution in [-0.2, 0) is 9.53 Å². The molecule has 0 unspecified atom stereocenters. The van der Waals surface area contributed by atoms with Gasteiger partial charge in [-0.05, 0) is 45.4 Å². The van der Waals surface area contributed by atoms with E-state index in [0.29, 0.717) is 12.0 Å². The number of rotatable bonds is 5. The predicted octanol–water partition coefficient (Wildman–Crippen LogP) is 2.11. The molecular weight excluding hydrogens is 190 g/mol. The molecule has 1 rings (SSSR count). The average molecular weight is 213 g/mol. The molecule has 0 aliphatic heterocycles. The van der Waals surface area contributed by atoms with Gasteiger partial charge in [0.25, 0.3) is 0 Å². The molecule has 1 fully saturated rings. The number of nitrogens with one attached hydrogen (secondary N) is 1. The fourth-order valence-corrected chi connectivity index (χ4v) is 1.64. The molecule has 88 valence electrons. The summed E-state index contributed by atoms with van der Waals surface area (Å²) < 4.78 is 5.21. The van der Waals surface area contributed by atoms with Crippen LogP contribution >= 0.6 is 0 Å². The van der Waals surface area contributed by atoms with Crippen LogP contribution in [0.2, 0.25) is 0 Å². The number of esters is 1. The number of carbonyl (C=O) groups is 1. The van der Waals surface area contributed by atoms with Gasteiger partial charge in [0.15, 0.2) is 0 Å². The maximum atomic E-state index is 11.4. The molecule has 0 bridgehead atoms. The SMILES string of the molecule is CCC1(CNCC(=O)OC(C)(C)C)CC1. The molecule has 0 heterocycles. The molecule has 0 aromatic heterocycles. The molecule has 0 aromatic carbocycles. The molecule has 0 atom stereocenters. The van der Waals surface area contributed by atoms with Gasteiger partial charge in [0.05, 0.1) is 6.54 Å². The van der Waals surface area contributed by atoms with Gasteiger partial charge in [0.1, 0.15) is 5.60 Å². The third-order valence-corrected chi connectivity index (χ3v) is 2.90. The second-order valence-corrected chi connectivity index (χ2v) is 5.54. The molecule has 0 spiro atoms. The number of hydrogen-bond acceptors (Lipinski definition) is 3. The molecule has 1 aliphatic carbocycles. The second kappa shape index (κ2) is 4.52. The number of ether oxygens (including phenoxy) is 1. The highest BCUT2D eigenvalue weighted by Gasteiger charge is 2.40. The van der Waals surface area contributed by atoms with Gasteiger partial charge in [-0.3, -0.25) is 4.79 Å². The lowest BCUT2D eigenvalue weighted by atomic mass is 10.0. The zero-order valence-electron chi connectivity index (χ0n) is 10.4. The van der Waals surface area contributed by atoms with Crippen LogP contribution < -0.4 is 5.32 Å². The summed E-state index contributed by atoms with van der Waals surface area (Å²) in [5.41, 5.74) is 0.114.